The molecule has 0 unspecified atom stereocenters. The molecule has 3 aromatic rings. The first-order chi connectivity index (χ1) is 10.8. The van der Waals surface area contributed by atoms with Crippen LogP contribution in [0.1, 0.15) is 0 Å². The molecule has 7 N–H and O–H groups in total. The third kappa shape index (κ3) is 2.06. The number of aromatic hydroxyl groups is 7. The maximum absolute atomic E-state index is 10.4. The molecule has 0 spiro atoms. The minimum atomic E-state index is -0.721. The summed E-state index contributed by atoms with van der Waals surface area (Å²) in [6.07, 6.45) is 0. The number of phenolic OH excluding ortho intramolecular Hbond substituents is 7. The van der Waals surface area contributed by atoms with Crippen LogP contribution in [0.3, 0.4) is 0 Å². The van der Waals surface area contributed by atoms with Crippen LogP contribution in [0.25, 0.3) is 21.9 Å². The SMILES string of the molecule is Oc1cc(O)c2c(O)c(O)c(-c3ccc(O)c(O)c3)c(O)c2c1. The second kappa shape index (κ2) is 4.77. The predicted molar refractivity (Wildman–Crippen MR) is 81.0 cm³/mol. The Labute approximate surface area is 129 Å². The Morgan fingerprint density at radius 3 is 1.91 bits per heavy atom. The molecular formula is C16H12O7. The van der Waals surface area contributed by atoms with Crippen LogP contribution in [0.2, 0.25) is 0 Å². The van der Waals surface area contributed by atoms with Crippen molar-refractivity contribution in [3.05, 3.63) is 30.3 Å². The molecule has 0 amide bonds. The van der Waals surface area contributed by atoms with E-state index in [0.29, 0.717) is 0 Å². The largest absolute Gasteiger partial charge is 0.508 e. The van der Waals surface area contributed by atoms with Gasteiger partial charge in [-0.15, -0.1) is 0 Å². The van der Waals surface area contributed by atoms with Gasteiger partial charge in [-0.25, -0.2) is 0 Å². The standard InChI is InChI=1S/C16H12O7/c17-7-4-8-13(11(20)5-7)16(23)15(22)12(14(8)21)6-1-2-9(18)10(19)3-6/h1-5,17-23H. The number of hydrogen-bond acceptors (Lipinski definition) is 7. The van der Waals surface area contributed by atoms with E-state index >= 15 is 0 Å². The second-order valence-corrected chi connectivity index (χ2v) is 5.01. The molecule has 3 rings (SSSR count). The van der Waals surface area contributed by atoms with Crippen molar-refractivity contribution in [1.82, 2.24) is 0 Å². The summed E-state index contributed by atoms with van der Waals surface area (Å²) >= 11 is 0. The van der Waals surface area contributed by atoms with Crippen LogP contribution in [-0.2, 0) is 0 Å². The van der Waals surface area contributed by atoms with E-state index in [0.717, 1.165) is 24.3 Å². The number of hydrogen-bond donors (Lipinski definition) is 7. The zero-order valence-electron chi connectivity index (χ0n) is 11.5. The van der Waals surface area contributed by atoms with E-state index in [2.05, 4.69) is 0 Å². The van der Waals surface area contributed by atoms with E-state index < -0.39 is 34.5 Å². The molecule has 0 aliphatic heterocycles. The lowest BCUT2D eigenvalue weighted by Crippen LogP contribution is -1.86. The average Bonchev–Trinajstić information content (AvgIpc) is 2.48. The summed E-state index contributed by atoms with van der Waals surface area (Å²) in [5.74, 6) is -3.70. The maximum Gasteiger partial charge on any atom is 0.170 e. The highest BCUT2D eigenvalue weighted by atomic mass is 16.3. The van der Waals surface area contributed by atoms with E-state index in [1.807, 2.05) is 0 Å². The zero-order valence-corrected chi connectivity index (χ0v) is 11.5. The van der Waals surface area contributed by atoms with E-state index in [1.165, 1.54) is 6.07 Å². The highest BCUT2D eigenvalue weighted by Crippen LogP contribution is 2.52. The van der Waals surface area contributed by atoms with Crippen molar-refractivity contribution >= 4 is 10.8 Å². The molecule has 0 saturated heterocycles. The Morgan fingerprint density at radius 1 is 0.565 bits per heavy atom. The Kier molecular flexibility index (Phi) is 3.00. The molecule has 7 heteroatoms. The van der Waals surface area contributed by atoms with Gasteiger partial charge in [-0.1, -0.05) is 6.07 Å². The summed E-state index contributed by atoms with van der Waals surface area (Å²) in [5.41, 5.74) is -0.120. The zero-order chi connectivity index (χ0) is 16.9. The monoisotopic (exact) mass is 316 g/mol. The Balaban J connectivity index is 2.44. The number of benzene rings is 3. The van der Waals surface area contributed by atoms with Crippen molar-refractivity contribution in [2.24, 2.45) is 0 Å². The lowest BCUT2D eigenvalue weighted by molar-refractivity contribution is 0.399. The molecule has 7 nitrogen and oxygen atoms in total. The molecule has 0 aromatic heterocycles. The first-order valence-electron chi connectivity index (χ1n) is 6.46. The van der Waals surface area contributed by atoms with Crippen LogP contribution in [0.15, 0.2) is 30.3 Å². The van der Waals surface area contributed by atoms with Crippen molar-refractivity contribution in [1.29, 1.82) is 0 Å². The summed E-state index contributed by atoms with van der Waals surface area (Å²) in [4.78, 5) is 0. The molecule has 3 aromatic carbocycles. The van der Waals surface area contributed by atoms with Gasteiger partial charge in [-0.2, -0.15) is 0 Å². The molecule has 118 valence electrons. The fourth-order valence-corrected chi connectivity index (χ4v) is 2.48. The fourth-order valence-electron chi connectivity index (χ4n) is 2.48. The summed E-state index contributed by atoms with van der Waals surface area (Å²) in [6, 6.07) is 5.58. The summed E-state index contributed by atoms with van der Waals surface area (Å²) < 4.78 is 0. The summed E-state index contributed by atoms with van der Waals surface area (Å²) in [5, 5.41) is 68.6. The van der Waals surface area contributed by atoms with Gasteiger partial charge in [0.05, 0.1) is 10.9 Å². The van der Waals surface area contributed by atoms with Gasteiger partial charge in [0.25, 0.3) is 0 Å². The van der Waals surface area contributed by atoms with Crippen LogP contribution in [-0.4, -0.2) is 35.7 Å². The Morgan fingerprint density at radius 2 is 1.26 bits per heavy atom. The van der Waals surface area contributed by atoms with Gasteiger partial charge in [0, 0.05) is 11.5 Å². The van der Waals surface area contributed by atoms with E-state index in [9.17, 15) is 35.7 Å². The number of fused-ring (bicyclic) bond motifs is 1. The summed E-state index contributed by atoms with van der Waals surface area (Å²) in [7, 11) is 0. The first-order valence-corrected chi connectivity index (χ1v) is 6.46. The highest BCUT2D eigenvalue weighted by molar-refractivity contribution is 6.06. The van der Waals surface area contributed by atoms with Crippen molar-refractivity contribution in [3.8, 4) is 51.4 Å². The third-order valence-electron chi connectivity index (χ3n) is 3.56. The van der Waals surface area contributed by atoms with Crippen LogP contribution in [0, 0.1) is 0 Å². The lowest BCUT2D eigenvalue weighted by Gasteiger charge is -2.14. The molecule has 23 heavy (non-hydrogen) atoms. The normalized spacial score (nSPS) is 11.0. The molecule has 0 aliphatic carbocycles. The molecule has 0 heterocycles. The van der Waals surface area contributed by atoms with Gasteiger partial charge in [0.2, 0.25) is 0 Å². The molecular weight excluding hydrogens is 304 g/mol. The molecule has 0 fully saturated rings. The minimum Gasteiger partial charge on any atom is -0.508 e. The highest BCUT2D eigenvalue weighted by Gasteiger charge is 2.23. The van der Waals surface area contributed by atoms with Crippen molar-refractivity contribution < 1.29 is 35.7 Å². The summed E-state index contributed by atoms with van der Waals surface area (Å²) in [6.45, 7) is 0. The van der Waals surface area contributed by atoms with Gasteiger partial charge >= 0.3 is 0 Å². The van der Waals surface area contributed by atoms with Crippen LogP contribution in [0.5, 0.6) is 40.2 Å². The molecule has 0 aliphatic rings. The number of phenols is 7. The van der Waals surface area contributed by atoms with E-state index in [1.54, 1.807) is 0 Å². The predicted octanol–water partition coefficient (Wildman–Crippen LogP) is 2.45. The molecule has 0 atom stereocenters. The molecule has 0 radical (unpaired) electrons. The lowest BCUT2D eigenvalue weighted by atomic mass is 9.96. The first kappa shape index (κ1) is 14.5. The molecule has 0 saturated carbocycles. The Bertz CT molecular complexity index is 947. The smallest absolute Gasteiger partial charge is 0.170 e. The van der Waals surface area contributed by atoms with Crippen LogP contribution >= 0.6 is 0 Å². The maximum atomic E-state index is 10.4. The van der Waals surface area contributed by atoms with Gasteiger partial charge < -0.3 is 35.7 Å². The van der Waals surface area contributed by atoms with Crippen molar-refractivity contribution in [2.45, 2.75) is 0 Å². The van der Waals surface area contributed by atoms with Gasteiger partial charge in [-0.05, 0) is 23.8 Å². The third-order valence-corrected chi connectivity index (χ3v) is 3.56. The van der Waals surface area contributed by atoms with Crippen molar-refractivity contribution in [3.63, 3.8) is 0 Å². The number of rotatable bonds is 1. The van der Waals surface area contributed by atoms with Gasteiger partial charge in [0.1, 0.15) is 17.2 Å². The van der Waals surface area contributed by atoms with E-state index in [4.69, 9.17) is 0 Å². The van der Waals surface area contributed by atoms with Gasteiger partial charge in [-0.3, -0.25) is 0 Å². The van der Waals surface area contributed by atoms with E-state index in [-0.39, 0.29) is 27.6 Å². The topological polar surface area (TPSA) is 142 Å². The van der Waals surface area contributed by atoms with Gasteiger partial charge in [0.15, 0.2) is 23.0 Å². The second-order valence-electron chi connectivity index (χ2n) is 5.01. The van der Waals surface area contributed by atoms with Crippen LogP contribution in [0.4, 0.5) is 0 Å². The average molecular weight is 316 g/mol. The van der Waals surface area contributed by atoms with Crippen molar-refractivity contribution in [2.75, 3.05) is 0 Å². The minimum absolute atomic E-state index is 0.0969. The fraction of sp³-hybridized carbons (Fsp3) is 0. The Hall–Kier alpha value is -3.48. The quantitative estimate of drug-likeness (QED) is 0.270. The molecule has 0 bridgehead atoms. The van der Waals surface area contributed by atoms with Crippen LogP contribution < -0.4 is 0 Å².